The van der Waals surface area contributed by atoms with Crippen molar-refractivity contribution < 1.29 is 0 Å². The van der Waals surface area contributed by atoms with Gasteiger partial charge in [-0.1, -0.05) is 0 Å². The molecule has 0 aliphatic heterocycles. The number of fused-ring (bicyclic) bond motifs is 1. The Bertz CT molecular complexity index is 647. The molecule has 2 aromatic rings. The molecule has 0 radical (unpaired) electrons. The van der Waals surface area contributed by atoms with Gasteiger partial charge in [-0.25, -0.2) is 9.97 Å². The second kappa shape index (κ2) is 5.30. The lowest BCUT2D eigenvalue weighted by atomic mass is 9.94. The smallest absolute Gasteiger partial charge is 0.136 e. The highest BCUT2D eigenvalue weighted by Crippen LogP contribution is 2.40. The summed E-state index contributed by atoms with van der Waals surface area (Å²) in [6.07, 6.45) is 6.12. The number of nitrogens with one attached hydrogen (secondary N) is 2. The number of thiophene rings is 1. The van der Waals surface area contributed by atoms with Gasteiger partial charge in [-0.05, 0) is 49.1 Å². The summed E-state index contributed by atoms with van der Waals surface area (Å²) in [7, 11) is 1.92. The van der Waals surface area contributed by atoms with Gasteiger partial charge < -0.3 is 10.6 Å². The summed E-state index contributed by atoms with van der Waals surface area (Å²) in [4.78, 5) is 10.8. The summed E-state index contributed by atoms with van der Waals surface area (Å²) >= 11 is 1.88. The minimum atomic E-state index is 0.395. The molecule has 5 heteroatoms. The average Bonchev–Trinajstić information content (AvgIpc) is 3.25. The predicted molar refractivity (Wildman–Crippen MR) is 87.2 cm³/mol. The minimum absolute atomic E-state index is 0.395. The van der Waals surface area contributed by atoms with E-state index in [1.165, 1.54) is 42.5 Å². The van der Waals surface area contributed by atoms with Crippen LogP contribution in [0.4, 0.5) is 11.6 Å². The van der Waals surface area contributed by atoms with Crippen LogP contribution in [0, 0.1) is 0 Å². The summed E-state index contributed by atoms with van der Waals surface area (Å²) < 4.78 is 0. The van der Waals surface area contributed by atoms with Crippen LogP contribution < -0.4 is 10.6 Å². The van der Waals surface area contributed by atoms with Gasteiger partial charge in [0.2, 0.25) is 0 Å². The highest BCUT2D eigenvalue weighted by molar-refractivity contribution is 7.10. The van der Waals surface area contributed by atoms with Crippen molar-refractivity contribution in [2.24, 2.45) is 0 Å². The van der Waals surface area contributed by atoms with Gasteiger partial charge in [-0.3, -0.25) is 0 Å². The summed E-state index contributed by atoms with van der Waals surface area (Å²) in [6, 6.07) is 4.68. The maximum Gasteiger partial charge on any atom is 0.136 e. The molecule has 4 rings (SSSR count). The molecule has 110 valence electrons. The predicted octanol–water partition coefficient (Wildman–Crippen LogP) is 3.95. The van der Waals surface area contributed by atoms with E-state index in [-0.39, 0.29) is 0 Å². The van der Waals surface area contributed by atoms with Crippen molar-refractivity contribution in [1.82, 2.24) is 9.97 Å². The first-order chi connectivity index (χ1) is 10.3. The van der Waals surface area contributed by atoms with Crippen LogP contribution in [0.2, 0.25) is 0 Å². The van der Waals surface area contributed by atoms with Crippen LogP contribution in [0.3, 0.4) is 0 Å². The van der Waals surface area contributed by atoms with Crippen molar-refractivity contribution in [2.75, 3.05) is 17.7 Å². The standard InChI is InChI=1S/C16H20N4S/c1-17-14-9-15(20-16(19-14)10-5-6-10)18-12-3-2-4-13-11(12)7-8-21-13/h7-10,12H,2-6H2,1H3,(H2,17,18,19,20). The van der Waals surface area contributed by atoms with E-state index in [0.29, 0.717) is 12.0 Å². The van der Waals surface area contributed by atoms with Gasteiger partial charge in [0.1, 0.15) is 17.5 Å². The van der Waals surface area contributed by atoms with Crippen LogP contribution >= 0.6 is 11.3 Å². The molecule has 0 saturated heterocycles. The number of hydrogen-bond donors (Lipinski definition) is 2. The van der Waals surface area contributed by atoms with Crippen molar-refractivity contribution in [3.63, 3.8) is 0 Å². The lowest BCUT2D eigenvalue weighted by Gasteiger charge is -2.24. The van der Waals surface area contributed by atoms with E-state index in [1.807, 2.05) is 24.5 Å². The average molecular weight is 300 g/mol. The van der Waals surface area contributed by atoms with Crippen molar-refractivity contribution in [3.05, 3.63) is 33.8 Å². The molecule has 4 nitrogen and oxygen atoms in total. The topological polar surface area (TPSA) is 49.8 Å². The van der Waals surface area contributed by atoms with Crippen molar-refractivity contribution >= 4 is 23.0 Å². The van der Waals surface area contributed by atoms with Gasteiger partial charge in [0.15, 0.2) is 0 Å². The Morgan fingerprint density at radius 3 is 2.86 bits per heavy atom. The van der Waals surface area contributed by atoms with Gasteiger partial charge in [-0.15, -0.1) is 11.3 Å². The van der Waals surface area contributed by atoms with Crippen molar-refractivity contribution in [3.8, 4) is 0 Å². The van der Waals surface area contributed by atoms with E-state index in [4.69, 9.17) is 4.98 Å². The molecule has 2 aromatic heterocycles. The highest BCUT2D eigenvalue weighted by Gasteiger charge is 2.28. The monoisotopic (exact) mass is 300 g/mol. The number of nitrogens with zero attached hydrogens (tertiary/aromatic N) is 2. The zero-order valence-corrected chi connectivity index (χ0v) is 13.0. The molecule has 0 bridgehead atoms. The van der Waals surface area contributed by atoms with Gasteiger partial charge >= 0.3 is 0 Å². The molecule has 1 fully saturated rings. The summed E-state index contributed by atoms with van der Waals surface area (Å²) in [5, 5.41) is 9.00. The molecule has 0 spiro atoms. The van der Waals surface area contributed by atoms with Gasteiger partial charge in [0.25, 0.3) is 0 Å². The van der Waals surface area contributed by atoms with Crippen LogP contribution in [0.25, 0.3) is 0 Å². The molecule has 2 aliphatic rings. The Morgan fingerprint density at radius 1 is 1.19 bits per heavy atom. The quantitative estimate of drug-likeness (QED) is 0.897. The first-order valence-corrected chi connectivity index (χ1v) is 8.61. The fourth-order valence-electron chi connectivity index (χ4n) is 3.01. The molecular formula is C16H20N4S. The molecule has 2 N–H and O–H groups in total. The summed E-state index contributed by atoms with van der Waals surface area (Å²) in [5.74, 6) is 3.43. The first-order valence-electron chi connectivity index (χ1n) is 7.73. The van der Waals surface area contributed by atoms with Crippen molar-refractivity contribution in [1.29, 1.82) is 0 Å². The van der Waals surface area contributed by atoms with Gasteiger partial charge in [-0.2, -0.15) is 0 Å². The lowest BCUT2D eigenvalue weighted by Crippen LogP contribution is -2.17. The first kappa shape index (κ1) is 13.1. The van der Waals surface area contributed by atoms with Crippen LogP contribution in [0.15, 0.2) is 17.5 Å². The zero-order chi connectivity index (χ0) is 14.2. The Morgan fingerprint density at radius 2 is 2.05 bits per heavy atom. The Labute approximate surface area is 129 Å². The fraction of sp³-hybridized carbons (Fsp3) is 0.500. The maximum atomic E-state index is 4.74. The normalized spacial score (nSPS) is 20.9. The van der Waals surface area contributed by atoms with E-state index in [2.05, 4.69) is 27.1 Å². The molecule has 0 aromatic carbocycles. The number of rotatable bonds is 4. The second-order valence-corrected chi connectivity index (χ2v) is 6.91. The van der Waals surface area contributed by atoms with Crippen LogP contribution in [0.5, 0.6) is 0 Å². The molecule has 21 heavy (non-hydrogen) atoms. The molecule has 1 unspecified atom stereocenters. The number of aromatic nitrogens is 2. The molecule has 0 amide bonds. The van der Waals surface area contributed by atoms with Gasteiger partial charge in [0.05, 0.1) is 6.04 Å². The largest absolute Gasteiger partial charge is 0.373 e. The Kier molecular flexibility index (Phi) is 3.30. The third-order valence-corrected chi connectivity index (χ3v) is 5.31. The third kappa shape index (κ3) is 2.62. The lowest BCUT2D eigenvalue weighted by molar-refractivity contribution is 0.606. The van der Waals surface area contributed by atoms with Crippen LogP contribution in [-0.4, -0.2) is 17.0 Å². The van der Waals surface area contributed by atoms with E-state index >= 15 is 0 Å². The Balaban J connectivity index is 1.61. The van der Waals surface area contributed by atoms with Crippen LogP contribution in [-0.2, 0) is 6.42 Å². The van der Waals surface area contributed by atoms with E-state index in [9.17, 15) is 0 Å². The second-order valence-electron chi connectivity index (χ2n) is 5.91. The van der Waals surface area contributed by atoms with Crippen molar-refractivity contribution in [2.45, 2.75) is 44.1 Å². The molecule has 1 saturated carbocycles. The van der Waals surface area contributed by atoms with E-state index < -0.39 is 0 Å². The zero-order valence-electron chi connectivity index (χ0n) is 12.2. The number of hydrogen-bond acceptors (Lipinski definition) is 5. The summed E-state index contributed by atoms with van der Waals surface area (Å²) in [5.41, 5.74) is 1.46. The maximum absolute atomic E-state index is 4.74. The number of aryl methyl sites for hydroxylation is 1. The minimum Gasteiger partial charge on any atom is -0.373 e. The number of anilines is 2. The highest BCUT2D eigenvalue weighted by atomic mass is 32.1. The van der Waals surface area contributed by atoms with Crippen LogP contribution in [0.1, 0.15) is 53.9 Å². The van der Waals surface area contributed by atoms with Gasteiger partial charge in [0, 0.05) is 23.9 Å². The van der Waals surface area contributed by atoms with E-state index in [0.717, 1.165) is 17.5 Å². The summed E-state index contributed by atoms with van der Waals surface area (Å²) in [6.45, 7) is 0. The third-order valence-electron chi connectivity index (χ3n) is 4.32. The molecular weight excluding hydrogens is 280 g/mol. The molecule has 1 atom stereocenters. The SMILES string of the molecule is CNc1cc(NC2CCCc3sccc32)nc(C2CC2)n1. The Hall–Kier alpha value is -1.62. The molecule has 2 heterocycles. The molecule has 2 aliphatic carbocycles. The van der Waals surface area contributed by atoms with E-state index in [1.54, 1.807) is 0 Å². The fourth-order valence-corrected chi connectivity index (χ4v) is 3.99.